The van der Waals surface area contributed by atoms with Crippen molar-refractivity contribution in [3.8, 4) is 0 Å². The van der Waals surface area contributed by atoms with Gasteiger partial charge in [-0.3, -0.25) is 0 Å². The first kappa shape index (κ1) is 14.9. The second kappa shape index (κ2) is 6.81. The van der Waals surface area contributed by atoms with Crippen molar-refractivity contribution in [2.75, 3.05) is 13.2 Å². The molecule has 0 N–H and O–H groups in total. The monoisotopic (exact) mass is 310 g/mol. The summed E-state index contributed by atoms with van der Waals surface area (Å²) < 4.78 is 13.1. The SMILES string of the molecule is CCOC(OCC)c1nn2c(C3CCCCC3)nnc2s1. The van der Waals surface area contributed by atoms with Gasteiger partial charge in [0, 0.05) is 19.1 Å². The first-order valence-electron chi connectivity index (χ1n) is 7.78. The van der Waals surface area contributed by atoms with E-state index in [2.05, 4.69) is 15.3 Å². The quantitative estimate of drug-likeness (QED) is 0.766. The van der Waals surface area contributed by atoms with Gasteiger partial charge in [0.25, 0.3) is 0 Å². The first-order valence-corrected chi connectivity index (χ1v) is 8.60. The summed E-state index contributed by atoms with van der Waals surface area (Å²) in [5, 5.41) is 14.1. The van der Waals surface area contributed by atoms with Crippen molar-refractivity contribution < 1.29 is 9.47 Å². The second-order valence-corrected chi connectivity index (χ2v) is 6.26. The van der Waals surface area contributed by atoms with E-state index in [9.17, 15) is 0 Å². The van der Waals surface area contributed by atoms with Crippen molar-refractivity contribution in [1.82, 2.24) is 19.8 Å². The molecule has 0 radical (unpaired) electrons. The largest absolute Gasteiger partial charge is 0.347 e. The average molecular weight is 310 g/mol. The lowest BCUT2D eigenvalue weighted by Crippen LogP contribution is -2.11. The molecule has 2 aromatic heterocycles. The highest BCUT2D eigenvalue weighted by Gasteiger charge is 2.25. The summed E-state index contributed by atoms with van der Waals surface area (Å²) in [4.78, 5) is 0.829. The van der Waals surface area contributed by atoms with Gasteiger partial charge in [0.2, 0.25) is 11.3 Å². The number of hydrogen-bond donors (Lipinski definition) is 0. The fourth-order valence-corrected chi connectivity index (χ4v) is 3.70. The molecule has 0 amide bonds. The maximum atomic E-state index is 5.62. The summed E-state index contributed by atoms with van der Waals surface area (Å²) in [6.07, 6.45) is 5.86. The van der Waals surface area contributed by atoms with Crippen molar-refractivity contribution in [3.63, 3.8) is 0 Å². The number of aromatic nitrogens is 4. The van der Waals surface area contributed by atoms with Gasteiger partial charge in [-0.05, 0) is 26.7 Å². The van der Waals surface area contributed by atoms with E-state index in [0.29, 0.717) is 19.1 Å². The third-order valence-electron chi connectivity index (χ3n) is 3.84. The smallest absolute Gasteiger partial charge is 0.234 e. The minimum absolute atomic E-state index is 0.397. The van der Waals surface area contributed by atoms with Crippen LogP contribution in [-0.4, -0.2) is 33.0 Å². The molecule has 0 bridgehead atoms. The normalized spacial score (nSPS) is 17.1. The molecule has 0 spiro atoms. The Kier molecular flexibility index (Phi) is 4.82. The topological polar surface area (TPSA) is 61.5 Å². The molecule has 0 atom stereocenters. The van der Waals surface area contributed by atoms with Crippen LogP contribution in [0.5, 0.6) is 0 Å². The molecular weight excluding hydrogens is 288 g/mol. The standard InChI is InChI=1S/C14H22N4O2S/c1-3-19-13(20-4-2)12-17-18-11(15-16-14(18)21-12)10-8-6-5-7-9-10/h10,13H,3-9H2,1-2H3. The van der Waals surface area contributed by atoms with Crippen LogP contribution in [0.2, 0.25) is 0 Å². The van der Waals surface area contributed by atoms with Crippen LogP contribution in [0, 0.1) is 0 Å². The molecule has 2 heterocycles. The third-order valence-corrected chi connectivity index (χ3v) is 4.76. The Morgan fingerprint density at radius 3 is 2.52 bits per heavy atom. The molecule has 6 nitrogen and oxygen atoms in total. The first-order chi connectivity index (χ1) is 10.3. The molecule has 2 aromatic rings. The number of nitrogens with zero attached hydrogens (tertiary/aromatic N) is 4. The molecule has 1 aliphatic rings. The summed E-state index contributed by atoms with van der Waals surface area (Å²) >= 11 is 1.50. The molecule has 0 aromatic carbocycles. The van der Waals surface area contributed by atoms with Crippen LogP contribution in [0.1, 0.15) is 69.0 Å². The van der Waals surface area contributed by atoms with E-state index in [-0.39, 0.29) is 0 Å². The van der Waals surface area contributed by atoms with Gasteiger partial charge in [-0.25, -0.2) is 0 Å². The van der Waals surface area contributed by atoms with Gasteiger partial charge >= 0.3 is 0 Å². The van der Waals surface area contributed by atoms with Gasteiger partial charge < -0.3 is 9.47 Å². The summed E-state index contributed by atoms with van der Waals surface area (Å²) in [5.41, 5.74) is 0. The number of fused-ring (bicyclic) bond motifs is 1. The van der Waals surface area contributed by atoms with Crippen LogP contribution in [0.4, 0.5) is 0 Å². The van der Waals surface area contributed by atoms with Crippen LogP contribution in [0.25, 0.3) is 4.96 Å². The predicted molar refractivity (Wildman–Crippen MR) is 80.5 cm³/mol. The highest BCUT2D eigenvalue weighted by molar-refractivity contribution is 7.16. The van der Waals surface area contributed by atoms with Gasteiger partial charge in [-0.1, -0.05) is 30.6 Å². The molecule has 1 saturated carbocycles. The molecule has 0 aliphatic heterocycles. The van der Waals surface area contributed by atoms with Gasteiger partial charge in [0.1, 0.15) is 0 Å². The van der Waals surface area contributed by atoms with Crippen molar-refractivity contribution in [1.29, 1.82) is 0 Å². The van der Waals surface area contributed by atoms with E-state index in [1.807, 2.05) is 18.4 Å². The Morgan fingerprint density at radius 1 is 1.14 bits per heavy atom. The fraction of sp³-hybridized carbons (Fsp3) is 0.786. The second-order valence-electron chi connectivity index (χ2n) is 5.27. The highest BCUT2D eigenvalue weighted by atomic mass is 32.1. The van der Waals surface area contributed by atoms with Crippen molar-refractivity contribution in [2.24, 2.45) is 0 Å². The van der Waals surface area contributed by atoms with E-state index < -0.39 is 6.29 Å². The van der Waals surface area contributed by atoms with Crippen LogP contribution in [0.15, 0.2) is 0 Å². The summed E-state index contributed by atoms with van der Waals surface area (Å²) in [6.45, 7) is 5.11. The summed E-state index contributed by atoms with van der Waals surface area (Å²) in [6, 6.07) is 0. The predicted octanol–water partition coefficient (Wildman–Crippen LogP) is 3.31. The lowest BCUT2D eigenvalue weighted by Gasteiger charge is -2.19. The Morgan fingerprint density at radius 2 is 1.86 bits per heavy atom. The van der Waals surface area contributed by atoms with Gasteiger partial charge in [0.05, 0.1) is 0 Å². The maximum absolute atomic E-state index is 5.62. The summed E-state index contributed by atoms with van der Waals surface area (Å²) in [7, 11) is 0. The lowest BCUT2D eigenvalue weighted by atomic mass is 9.89. The van der Waals surface area contributed by atoms with Crippen LogP contribution >= 0.6 is 11.3 Å². The molecule has 0 saturated heterocycles. The zero-order chi connectivity index (χ0) is 14.7. The number of rotatable bonds is 6. The molecule has 116 valence electrons. The molecular formula is C14H22N4O2S. The molecule has 0 unspecified atom stereocenters. The fourth-order valence-electron chi connectivity index (χ4n) is 2.85. The van der Waals surface area contributed by atoms with Crippen molar-refractivity contribution in [2.45, 2.75) is 58.2 Å². The van der Waals surface area contributed by atoms with E-state index in [0.717, 1.165) is 15.8 Å². The summed E-state index contributed by atoms with van der Waals surface area (Å²) in [5.74, 6) is 1.49. The maximum Gasteiger partial charge on any atom is 0.234 e. The minimum Gasteiger partial charge on any atom is -0.347 e. The van der Waals surface area contributed by atoms with E-state index in [1.165, 1.54) is 43.4 Å². The van der Waals surface area contributed by atoms with E-state index >= 15 is 0 Å². The zero-order valence-corrected chi connectivity index (χ0v) is 13.4. The molecule has 21 heavy (non-hydrogen) atoms. The Balaban J connectivity index is 1.87. The molecule has 3 rings (SSSR count). The van der Waals surface area contributed by atoms with Crippen LogP contribution in [-0.2, 0) is 9.47 Å². The highest BCUT2D eigenvalue weighted by Crippen LogP contribution is 2.33. The number of hydrogen-bond acceptors (Lipinski definition) is 6. The lowest BCUT2D eigenvalue weighted by molar-refractivity contribution is -0.140. The van der Waals surface area contributed by atoms with Crippen molar-refractivity contribution in [3.05, 3.63) is 10.8 Å². The molecule has 7 heteroatoms. The Labute approximate surface area is 128 Å². The third kappa shape index (κ3) is 3.09. The molecule has 1 aliphatic carbocycles. The van der Waals surface area contributed by atoms with Gasteiger partial charge in [-0.15, -0.1) is 10.2 Å². The Bertz CT molecular complexity index is 571. The van der Waals surface area contributed by atoms with Crippen LogP contribution < -0.4 is 0 Å². The van der Waals surface area contributed by atoms with Gasteiger partial charge in [0.15, 0.2) is 10.8 Å². The van der Waals surface area contributed by atoms with Crippen LogP contribution in [0.3, 0.4) is 0 Å². The van der Waals surface area contributed by atoms with Crippen molar-refractivity contribution >= 4 is 16.3 Å². The minimum atomic E-state index is -0.397. The van der Waals surface area contributed by atoms with E-state index in [1.54, 1.807) is 0 Å². The number of ether oxygens (including phenoxy) is 2. The van der Waals surface area contributed by atoms with E-state index in [4.69, 9.17) is 9.47 Å². The van der Waals surface area contributed by atoms with Gasteiger partial charge in [-0.2, -0.15) is 9.61 Å². The zero-order valence-electron chi connectivity index (χ0n) is 12.6. The molecule has 1 fully saturated rings. The average Bonchev–Trinajstić information content (AvgIpc) is 3.08. The Hall–Kier alpha value is -1.05.